The van der Waals surface area contributed by atoms with Gasteiger partial charge in [-0.15, -0.1) is 0 Å². The van der Waals surface area contributed by atoms with E-state index in [-0.39, 0.29) is 24.3 Å². The molecule has 5 heteroatoms. The first-order chi connectivity index (χ1) is 8.06. The highest BCUT2D eigenvalue weighted by atomic mass is 16.5. The lowest BCUT2D eigenvalue weighted by molar-refractivity contribution is -0.143. The van der Waals surface area contributed by atoms with Gasteiger partial charge in [-0.1, -0.05) is 13.8 Å². The molecule has 1 aliphatic heterocycles. The lowest BCUT2D eigenvalue weighted by atomic mass is 10.1. The first-order valence-corrected chi connectivity index (χ1v) is 6.20. The Morgan fingerprint density at radius 2 is 1.65 bits per heavy atom. The lowest BCUT2D eigenvalue weighted by Crippen LogP contribution is -2.52. The molecule has 1 fully saturated rings. The predicted molar refractivity (Wildman–Crippen MR) is 64.5 cm³/mol. The zero-order valence-electron chi connectivity index (χ0n) is 10.9. The Hall–Kier alpha value is -1.10. The third-order valence-electron chi connectivity index (χ3n) is 2.87. The number of amides is 2. The Balaban J connectivity index is 2.35. The minimum Gasteiger partial charge on any atom is -0.372 e. The molecular weight excluding hydrogens is 220 g/mol. The van der Waals surface area contributed by atoms with Crippen LogP contribution in [-0.4, -0.2) is 61.0 Å². The van der Waals surface area contributed by atoms with E-state index in [1.165, 1.54) is 0 Å². The van der Waals surface area contributed by atoms with Crippen LogP contribution in [0.3, 0.4) is 0 Å². The van der Waals surface area contributed by atoms with E-state index in [0.717, 1.165) is 0 Å². The summed E-state index contributed by atoms with van der Waals surface area (Å²) in [5, 5.41) is 0. The van der Waals surface area contributed by atoms with Crippen molar-refractivity contribution in [1.29, 1.82) is 0 Å². The summed E-state index contributed by atoms with van der Waals surface area (Å²) in [6, 6.07) is 0. The second-order valence-electron chi connectivity index (χ2n) is 4.50. The van der Waals surface area contributed by atoms with E-state index in [0.29, 0.717) is 32.8 Å². The standard InChI is InChI=1S/C12H22N2O3/c1-4-17-9-11(15)13-5-7-14(8-6-13)12(16)10(2)3/h10H,4-9H2,1-3H3. The molecule has 0 saturated carbocycles. The highest BCUT2D eigenvalue weighted by Crippen LogP contribution is 2.07. The van der Waals surface area contributed by atoms with Crippen LogP contribution < -0.4 is 0 Å². The monoisotopic (exact) mass is 242 g/mol. The minimum atomic E-state index is 0.0171. The average molecular weight is 242 g/mol. The van der Waals surface area contributed by atoms with Crippen molar-refractivity contribution in [2.24, 2.45) is 5.92 Å². The molecule has 98 valence electrons. The second kappa shape index (κ2) is 6.59. The maximum Gasteiger partial charge on any atom is 0.248 e. The summed E-state index contributed by atoms with van der Waals surface area (Å²) in [7, 11) is 0. The van der Waals surface area contributed by atoms with Crippen LogP contribution in [0.2, 0.25) is 0 Å². The number of piperazine rings is 1. The van der Waals surface area contributed by atoms with Crippen LogP contribution in [-0.2, 0) is 14.3 Å². The van der Waals surface area contributed by atoms with Crippen LogP contribution in [0.25, 0.3) is 0 Å². The number of hydrogen-bond acceptors (Lipinski definition) is 3. The van der Waals surface area contributed by atoms with Gasteiger partial charge in [-0.05, 0) is 6.92 Å². The normalized spacial score (nSPS) is 16.5. The third kappa shape index (κ3) is 4.00. The molecule has 1 saturated heterocycles. The van der Waals surface area contributed by atoms with Crippen molar-refractivity contribution in [2.75, 3.05) is 39.4 Å². The van der Waals surface area contributed by atoms with Gasteiger partial charge in [-0.3, -0.25) is 9.59 Å². The number of carbonyl (C=O) groups excluding carboxylic acids is 2. The van der Waals surface area contributed by atoms with Gasteiger partial charge in [0.2, 0.25) is 11.8 Å². The van der Waals surface area contributed by atoms with Crippen molar-refractivity contribution in [2.45, 2.75) is 20.8 Å². The smallest absolute Gasteiger partial charge is 0.248 e. The molecule has 0 bridgehead atoms. The summed E-state index contributed by atoms with van der Waals surface area (Å²) in [6.45, 7) is 8.86. The fraction of sp³-hybridized carbons (Fsp3) is 0.833. The van der Waals surface area contributed by atoms with Crippen molar-refractivity contribution >= 4 is 11.8 Å². The molecule has 0 aromatic rings. The summed E-state index contributed by atoms with van der Waals surface area (Å²) in [6.07, 6.45) is 0. The van der Waals surface area contributed by atoms with Crippen molar-refractivity contribution in [1.82, 2.24) is 9.80 Å². The number of rotatable bonds is 4. The molecule has 0 radical (unpaired) electrons. The van der Waals surface area contributed by atoms with Gasteiger partial charge in [0, 0.05) is 38.7 Å². The fourth-order valence-corrected chi connectivity index (χ4v) is 1.82. The molecule has 0 unspecified atom stereocenters. The van der Waals surface area contributed by atoms with Gasteiger partial charge in [-0.2, -0.15) is 0 Å². The number of ether oxygens (including phenoxy) is 1. The van der Waals surface area contributed by atoms with Crippen LogP contribution in [0, 0.1) is 5.92 Å². The van der Waals surface area contributed by atoms with Crippen LogP contribution in [0.1, 0.15) is 20.8 Å². The summed E-state index contributed by atoms with van der Waals surface area (Å²) < 4.78 is 5.09. The van der Waals surface area contributed by atoms with E-state index < -0.39 is 0 Å². The first kappa shape index (κ1) is 14.0. The van der Waals surface area contributed by atoms with Crippen molar-refractivity contribution < 1.29 is 14.3 Å². The van der Waals surface area contributed by atoms with E-state index in [1.54, 1.807) is 4.90 Å². The lowest BCUT2D eigenvalue weighted by Gasteiger charge is -2.35. The molecule has 0 aromatic carbocycles. The molecule has 0 aromatic heterocycles. The Kier molecular flexibility index (Phi) is 5.41. The summed E-state index contributed by atoms with van der Waals surface area (Å²) in [5.74, 6) is 0.214. The maximum absolute atomic E-state index is 11.7. The van der Waals surface area contributed by atoms with Crippen molar-refractivity contribution in [3.8, 4) is 0 Å². The Morgan fingerprint density at radius 1 is 1.12 bits per heavy atom. The van der Waals surface area contributed by atoms with E-state index in [2.05, 4.69) is 0 Å². The van der Waals surface area contributed by atoms with E-state index in [9.17, 15) is 9.59 Å². The number of hydrogen-bond donors (Lipinski definition) is 0. The quantitative estimate of drug-likeness (QED) is 0.715. The minimum absolute atomic E-state index is 0.0171. The molecule has 1 heterocycles. The predicted octanol–water partition coefficient (Wildman–Crippen LogP) is 0.350. The van der Waals surface area contributed by atoms with Gasteiger partial charge >= 0.3 is 0 Å². The van der Waals surface area contributed by atoms with Crippen molar-refractivity contribution in [3.63, 3.8) is 0 Å². The van der Waals surface area contributed by atoms with Gasteiger partial charge in [0.25, 0.3) is 0 Å². The van der Waals surface area contributed by atoms with Crippen LogP contribution in [0.5, 0.6) is 0 Å². The molecule has 0 atom stereocenters. The topological polar surface area (TPSA) is 49.9 Å². The number of carbonyl (C=O) groups is 2. The van der Waals surface area contributed by atoms with Gasteiger partial charge in [0.05, 0.1) is 0 Å². The molecular formula is C12H22N2O3. The molecule has 5 nitrogen and oxygen atoms in total. The molecule has 2 amide bonds. The molecule has 0 spiro atoms. The zero-order chi connectivity index (χ0) is 12.8. The average Bonchev–Trinajstić information content (AvgIpc) is 2.35. The van der Waals surface area contributed by atoms with Crippen LogP contribution >= 0.6 is 0 Å². The van der Waals surface area contributed by atoms with Gasteiger partial charge in [0.1, 0.15) is 6.61 Å². The Labute approximate surface area is 103 Å². The first-order valence-electron chi connectivity index (χ1n) is 6.20. The Morgan fingerprint density at radius 3 is 2.12 bits per heavy atom. The number of nitrogens with zero attached hydrogens (tertiary/aromatic N) is 2. The molecule has 1 aliphatic rings. The van der Waals surface area contributed by atoms with Crippen LogP contribution in [0.4, 0.5) is 0 Å². The van der Waals surface area contributed by atoms with E-state index in [1.807, 2.05) is 25.7 Å². The molecule has 17 heavy (non-hydrogen) atoms. The van der Waals surface area contributed by atoms with Gasteiger partial charge < -0.3 is 14.5 Å². The van der Waals surface area contributed by atoms with Crippen LogP contribution in [0.15, 0.2) is 0 Å². The SMILES string of the molecule is CCOCC(=O)N1CCN(C(=O)C(C)C)CC1. The second-order valence-corrected chi connectivity index (χ2v) is 4.50. The zero-order valence-corrected chi connectivity index (χ0v) is 10.9. The Bertz CT molecular complexity index is 271. The van der Waals surface area contributed by atoms with Crippen molar-refractivity contribution in [3.05, 3.63) is 0 Å². The fourth-order valence-electron chi connectivity index (χ4n) is 1.82. The van der Waals surface area contributed by atoms with Gasteiger partial charge in [-0.25, -0.2) is 0 Å². The molecule has 0 aliphatic carbocycles. The largest absolute Gasteiger partial charge is 0.372 e. The van der Waals surface area contributed by atoms with E-state index >= 15 is 0 Å². The highest BCUT2D eigenvalue weighted by Gasteiger charge is 2.24. The maximum atomic E-state index is 11.7. The molecule has 1 rings (SSSR count). The van der Waals surface area contributed by atoms with Gasteiger partial charge in [0.15, 0.2) is 0 Å². The summed E-state index contributed by atoms with van der Waals surface area (Å²) >= 11 is 0. The summed E-state index contributed by atoms with van der Waals surface area (Å²) in [4.78, 5) is 27.0. The third-order valence-corrected chi connectivity index (χ3v) is 2.87. The van der Waals surface area contributed by atoms with E-state index in [4.69, 9.17) is 4.74 Å². The molecule has 0 N–H and O–H groups in total. The highest BCUT2D eigenvalue weighted by molar-refractivity contribution is 5.80. The summed E-state index contributed by atoms with van der Waals surface area (Å²) in [5.41, 5.74) is 0.